The SMILES string of the molecule is C[C@H](CO)Nc1nc(Nc2ccc(F)c(F)c2F)cc(-c2cccc(OC(F)(F)F)c2)n1. The normalized spacial score (nSPS) is 12.4. The second kappa shape index (κ2) is 9.30. The average molecular weight is 458 g/mol. The summed E-state index contributed by atoms with van der Waals surface area (Å²) in [5.74, 6) is -5.17. The fourth-order valence-corrected chi connectivity index (χ4v) is 2.60. The van der Waals surface area contributed by atoms with E-state index in [-0.39, 0.29) is 29.6 Å². The van der Waals surface area contributed by atoms with E-state index in [4.69, 9.17) is 0 Å². The zero-order valence-corrected chi connectivity index (χ0v) is 16.3. The first kappa shape index (κ1) is 23.1. The molecule has 1 aromatic heterocycles. The van der Waals surface area contributed by atoms with Crippen LogP contribution in [-0.4, -0.2) is 34.1 Å². The van der Waals surface area contributed by atoms with Crippen LogP contribution < -0.4 is 15.4 Å². The third-order valence-electron chi connectivity index (χ3n) is 4.04. The van der Waals surface area contributed by atoms with Crippen molar-refractivity contribution in [3.8, 4) is 17.0 Å². The molecule has 0 amide bonds. The highest BCUT2D eigenvalue weighted by atomic mass is 19.4. The van der Waals surface area contributed by atoms with Gasteiger partial charge in [-0.15, -0.1) is 13.2 Å². The van der Waals surface area contributed by atoms with Crippen LogP contribution >= 0.6 is 0 Å². The molecule has 3 N–H and O–H groups in total. The van der Waals surface area contributed by atoms with Crippen LogP contribution in [0.2, 0.25) is 0 Å². The van der Waals surface area contributed by atoms with Crippen molar-refractivity contribution in [3.05, 3.63) is 59.9 Å². The van der Waals surface area contributed by atoms with E-state index in [0.29, 0.717) is 6.07 Å². The quantitative estimate of drug-likeness (QED) is 0.342. The number of hydrogen-bond acceptors (Lipinski definition) is 6. The van der Waals surface area contributed by atoms with Crippen molar-refractivity contribution in [2.24, 2.45) is 0 Å². The van der Waals surface area contributed by atoms with Gasteiger partial charge in [-0.3, -0.25) is 0 Å². The van der Waals surface area contributed by atoms with E-state index in [1.165, 1.54) is 18.2 Å². The molecule has 6 nitrogen and oxygen atoms in total. The van der Waals surface area contributed by atoms with E-state index in [2.05, 4.69) is 25.3 Å². The number of aliphatic hydroxyl groups excluding tert-OH is 1. The molecule has 1 atom stereocenters. The minimum atomic E-state index is -4.90. The number of benzene rings is 2. The Hall–Kier alpha value is -3.54. The molecule has 0 fully saturated rings. The minimum absolute atomic E-state index is 0.0586. The molecule has 0 saturated heterocycles. The number of aromatic nitrogens is 2. The van der Waals surface area contributed by atoms with Gasteiger partial charge in [0.25, 0.3) is 0 Å². The third-order valence-corrected chi connectivity index (χ3v) is 4.04. The van der Waals surface area contributed by atoms with Crippen molar-refractivity contribution in [2.45, 2.75) is 19.3 Å². The topological polar surface area (TPSA) is 79.3 Å². The molecule has 0 unspecified atom stereocenters. The van der Waals surface area contributed by atoms with Crippen LogP contribution in [0.4, 0.5) is 43.8 Å². The Morgan fingerprint density at radius 3 is 2.47 bits per heavy atom. The summed E-state index contributed by atoms with van der Waals surface area (Å²) in [4.78, 5) is 8.27. The van der Waals surface area contributed by atoms with Gasteiger partial charge >= 0.3 is 6.36 Å². The number of anilines is 3. The molecule has 3 aromatic rings. The van der Waals surface area contributed by atoms with E-state index in [9.17, 15) is 31.4 Å². The number of ether oxygens (including phenoxy) is 1. The molecule has 0 aliphatic rings. The zero-order valence-electron chi connectivity index (χ0n) is 16.3. The summed E-state index contributed by atoms with van der Waals surface area (Å²) >= 11 is 0. The summed E-state index contributed by atoms with van der Waals surface area (Å²) in [6.07, 6.45) is -4.90. The van der Waals surface area contributed by atoms with E-state index in [1.807, 2.05) is 0 Å². The molecule has 0 spiro atoms. The van der Waals surface area contributed by atoms with Gasteiger partial charge in [-0.2, -0.15) is 4.98 Å². The van der Waals surface area contributed by atoms with Crippen LogP contribution in [0, 0.1) is 17.5 Å². The van der Waals surface area contributed by atoms with Crippen molar-refractivity contribution >= 4 is 17.5 Å². The van der Waals surface area contributed by atoms with Gasteiger partial charge in [0, 0.05) is 17.7 Å². The monoisotopic (exact) mass is 458 g/mol. The second-order valence-corrected chi connectivity index (χ2v) is 6.61. The van der Waals surface area contributed by atoms with Gasteiger partial charge in [0.05, 0.1) is 18.0 Å². The molecule has 0 saturated carbocycles. The molecule has 0 aliphatic heterocycles. The number of nitrogens with one attached hydrogen (secondary N) is 2. The van der Waals surface area contributed by atoms with Crippen molar-refractivity contribution in [3.63, 3.8) is 0 Å². The number of hydrogen-bond donors (Lipinski definition) is 3. The number of halogens is 6. The predicted molar refractivity (Wildman–Crippen MR) is 104 cm³/mol. The lowest BCUT2D eigenvalue weighted by molar-refractivity contribution is -0.274. The fraction of sp³-hybridized carbons (Fsp3) is 0.200. The Morgan fingerprint density at radius 1 is 1.03 bits per heavy atom. The van der Waals surface area contributed by atoms with Crippen molar-refractivity contribution in [1.82, 2.24) is 9.97 Å². The van der Waals surface area contributed by atoms with Crippen LogP contribution in [0.3, 0.4) is 0 Å². The van der Waals surface area contributed by atoms with Gasteiger partial charge in [-0.25, -0.2) is 18.2 Å². The zero-order chi connectivity index (χ0) is 23.5. The van der Waals surface area contributed by atoms with Crippen molar-refractivity contribution in [1.29, 1.82) is 0 Å². The third kappa shape index (κ3) is 5.78. The van der Waals surface area contributed by atoms with Gasteiger partial charge in [0.15, 0.2) is 17.5 Å². The average Bonchev–Trinajstić information content (AvgIpc) is 2.73. The molecule has 12 heteroatoms. The Bertz CT molecular complexity index is 1110. The Balaban J connectivity index is 2.02. The first-order chi connectivity index (χ1) is 15.1. The molecule has 170 valence electrons. The number of nitrogens with zero attached hydrogens (tertiary/aromatic N) is 2. The maximum atomic E-state index is 14.1. The molecule has 32 heavy (non-hydrogen) atoms. The lowest BCUT2D eigenvalue weighted by Gasteiger charge is -2.15. The summed E-state index contributed by atoms with van der Waals surface area (Å²) in [7, 11) is 0. The standard InChI is InChI=1S/C20H16F6N4O2/c1-10(9-31)27-19-29-15(11-3-2-4-12(7-11)32-20(24,25)26)8-16(30-19)28-14-6-5-13(21)17(22)18(14)23/h2-8,10,31H,9H2,1H3,(H2,27,28,29,30)/t10-/m1/s1. The Morgan fingerprint density at radius 2 is 1.78 bits per heavy atom. The molecule has 3 rings (SSSR count). The fourth-order valence-electron chi connectivity index (χ4n) is 2.60. The lowest BCUT2D eigenvalue weighted by Crippen LogP contribution is -2.21. The number of aliphatic hydroxyl groups is 1. The number of rotatable bonds is 7. The van der Waals surface area contributed by atoms with E-state index < -0.39 is 41.3 Å². The molecule has 0 radical (unpaired) electrons. The maximum absolute atomic E-state index is 14.1. The predicted octanol–water partition coefficient (Wildman–Crippen LogP) is 5.00. The Labute approximate surface area is 177 Å². The highest BCUT2D eigenvalue weighted by Crippen LogP contribution is 2.30. The molecule has 0 aliphatic carbocycles. The number of alkyl halides is 3. The minimum Gasteiger partial charge on any atom is -0.406 e. The van der Waals surface area contributed by atoms with Crippen LogP contribution in [0.15, 0.2) is 42.5 Å². The molecular formula is C20H16F6N4O2. The Kier molecular flexibility index (Phi) is 6.72. The van der Waals surface area contributed by atoms with Crippen LogP contribution in [-0.2, 0) is 0 Å². The van der Waals surface area contributed by atoms with Gasteiger partial charge in [-0.1, -0.05) is 12.1 Å². The largest absolute Gasteiger partial charge is 0.573 e. The van der Waals surface area contributed by atoms with Gasteiger partial charge in [-0.05, 0) is 31.2 Å². The summed E-state index contributed by atoms with van der Waals surface area (Å²) < 4.78 is 82.3. The van der Waals surface area contributed by atoms with E-state index in [1.54, 1.807) is 6.92 Å². The van der Waals surface area contributed by atoms with Gasteiger partial charge in [0.2, 0.25) is 5.95 Å². The maximum Gasteiger partial charge on any atom is 0.573 e. The van der Waals surface area contributed by atoms with E-state index in [0.717, 1.165) is 18.2 Å². The van der Waals surface area contributed by atoms with Crippen LogP contribution in [0.5, 0.6) is 5.75 Å². The molecule has 1 heterocycles. The first-order valence-corrected chi connectivity index (χ1v) is 9.09. The highest BCUT2D eigenvalue weighted by molar-refractivity contribution is 5.68. The molecule has 2 aromatic carbocycles. The lowest BCUT2D eigenvalue weighted by atomic mass is 10.1. The second-order valence-electron chi connectivity index (χ2n) is 6.61. The van der Waals surface area contributed by atoms with Crippen molar-refractivity contribution < 1.29 is 36.2 Å². The molecule has 0 bridgehead atoms. The summed E-state index contributed by atoms with van der Waals surface area (Å²) in [6, 6.07) is 7.37. The van der Waals surface area contributed by atoms with Crippen LogP contribution in [0.25, 0.3) is 11.3 Å². The summed E-state index contributed by atoms with van der Waals surface area (Å²) in [5.41, 5.74) is -0.128. The van der Waals surface area contributed by atoms with Gasteiger partial charge in [0.1, 0.15) is 11.6 Å². The van der Waals surface area contributed by atoms with E-state index >= 15 is 0 Å². The molecular weight excluding hydrogens is 442 g/mol. The highest BCUT2D eigenvalue weighted by Gasteiger charge is 2.31. The van der Waals surface area contributed by atoms with Crippen molar-refractivity contribution in [2.75, 3.05) is 17.2 Å². The smallest absolute Gasteiger partial charge is 0.406 e. The first-order valence-electron chi connectivity index (χ1n) is 9.09. The summed E-state index contributed by atoms with van der Waals surface area (Å²) in [5, 5.41) is 14.5. The van der Waals surface area contributed by atoms with Crippen LogP contribution in [0.1, 0.15) is 6.92 Å². The summed E-state index contributed by atoms with van der Waals surface area (Å²) in [6.45, 7) is 1.32. The van der Waals surface area contributed by atoms with Gasteiger partial charge < -0.3 is 20.5 Å².